The van der Waals surface area contributed by atoms with E-state index in [9.17, 15) is 4.39 Å². The van der Waals surface area contributed by atoms with E-state index < -0.39 is 5.82 Å². The van der Waals surface area contributed by atoms with Crippen molar-refractivity contribution in [2.75, 3.05) is 14.2 Å². The third kappa shape index (κ3) is 3.04. The Morgan fingerprint density at radius 1 is 1.04 bits per heavy atom. The van der Waals surface area contributed by atoms with Crippen LogP contribution in [0.3, 0.4) is 0 Å². The van der Waals surface area contributed by atoms with Gasteiger partial charge in [0, 0.05) is 12.5 Å². The van der Waals surface area contributed by atoms with Crippen LogP contribution in [0.5, 0.6) is 11.5 Å². The summed E-state index contributed by atoms with van der Waals surface area (Å²) in [5.41, 5.74) is 2.04. The van der Waals surface area contributed by atoms with Crippen LogP contribution < -0.4 is 9.47 Å². The fourth-order valence-corrected chi connectivity index (χ4v) is 2.43. The lowest BCUT2D eigenvalue weighted by atomic mass is 10.0. The highest BCUT2D eigenvalue weighted by Gasteiger charge is 2.19. The molecule has 4 nitrogen and oxygen atoms in total. The van der Waals surface area contributed by atoms with E-state index >= 15 is 0 Å². The van der Waals surface area contributed by atoms with E-state index in [1.54, 1.807) is 6.07 Å². The van der Waals surface area contributed by atoms with E-state index in [1.807, 2.05) is 30.3 Å². The molecule has 0 bridgehead atoms. The maximum absolute atomic E-state index is 14.4. The molecule has 0 atom stereocenters. The van der Waals surface area contributed by atoms with Gasteiger partial charge in [-0.1, -0.05) is 30.3 Å². The molecule has 0 amide bonds. The summed E-state index contributed by atoms with van der Waals surface area (Å²) < 4.78 is 30.2. The fraction of sp³-hybridized carbons (Fsp3) is 0.167. The topological polar surface area (TPSA) is 44.5 Å². The Morgan fingerprint density at radius 3 is 2.43 bits per heavy atom. The van der Waals surface area contributed by atoms with E-state index in [2.05, 4.69) is 4.98 Å². The Kier molecular flexibility index (Phi) is 4.28. The second kappa shape index (κ2) is 6.52. The van der Waals surface area contributed by atoms with Crippen molar-refractivity contribution >= 4 is 0 Å². The minimum Gasteiger partial charge on any atom is -0.493 e. The third-order valence-electron chi connectivity index (χ3n) is 3.57. The van der Waals surface area contributed by atoms with Crippen molar-refractivity contribution in [3.05, 3.63) is 65.9 Å². The van der Waals surface area contributed by atoms with Crippen LogP contribution in [0.4, 0.5) is 4.39 Å². The summed E-state index contributed by atoms with van der Waals surface area (Å²) in [7, 11) is 2.97. The molecule has 0 N–H and O–H groups in total. The van der Waals surface area contributed by atoms with Gasteiger partial charge in [-0.3, -0.25) is 0 Å². The molecule has 5 heteroatoms. The van der Waals surface area contributed by atoms with Crippen molar-refractivity contribution < 1.29 is 18.3 Å². The molecule has 0 aliphatic heterocycles. The van der Waals surface area contributed by atoms with Crippen LogP contribution in [0.2, 0.25) is 0 Å². The van der Waals surface area contributed by atoms with Crippen LogP contribution in [-0.4, -0.2) is 19.2 Å². The SMILES string of the molecule is COc1cc(F)c(-c2ocnc2Cc2ccccc2)cc1OC. The van der Waals surface area contributed by atoms with E-state index in [4.69, 9.17) is 13.9 Å². The van der Waals surface area contributed by atoms with Gasteiger partial charge in [-0.2, -0.15) is 0 Å². The summed E-state index contributed by atoms with van der Waals surface area (Å²) >= 11 is 0. The van der Waals surface area contributed by atoms with E-state index in [0.717, 1.165) is 5.56 Å². The molecule has 0 fully saturated rings. The molecule has 0 aliphatic carbocycles. The molecule has 0 saturated heterocycles. The quantitative estimate of drug-likeness (QED) is 0.711. The van der Waals surface area contributed by atoms with Crippen molar-refractivity contribution in [2.45, 2.75) is 6.42 Å². The minimum atomic E-state index is -0.450. The number of nitrogens with zero attached hydrogens (tertiary/aromatic N) is 1. The first kappa shape index (κ1) is 15.1. The summed E-state index contributed by atoms with van der Waals surface area (Å²) in [6.45, 7) is 0. The third-order valence-corrected chi connectivity index (χ3v) is 3.57. The Balaban J connectivity index is 2.02. The lowest BCUT2D eigenvalue weighted by Crippen LogP contribution is -1.96. The van der Waals surface area contributed by atoms with Crippen LogP contribution in [0.15, 0.2) is 53.3 Å². The van der Waals surface area contributed by atoms with Gasteiger partial charge < -0.3 is 13.9 Å². The monoisotopic (exact) mass is 313 g/mol. The second-order valence-corrected chi connectivity index (χ2v) is 4.98. The Labute approximate surface area is 133 Å². The van der Waals surface area contributed by atoms with Gasteiger partial charge in [0.25, 0.3) is 0 Å². The van der Waals surface area contributed by atoms with Crippen LogP contribution in [0.25, 0.3) is 11.3 Å². The van der Waals surface area contributed by atoms with Gasteiger partial charge >= 0.3 is 0 Å². The van der Waals surface area contributed by atoms with Gasteiger partial charge in [0.2, 0.25) is 0 Å². The highest BCUT2D eigenvalue weighted by atomic mass is 19.1. The number of hydrogen-bond acceptors (Lipinski definition) is 4. The van der Waals surface area contributed by atoms with E-state index in [0.29, 0.717) is 34.9 Å². The number of ether oxygens (including phenoxy) is 2. The molecule has 3 aromatic rings. The number of rotatable bonds is 5. The molecular weight excluding hydrogens is 297 g/mol. The highest BCUT2D eigenvalue weighted by Crippen LogP contribution is 2.36. The van der Waals surface area contributed by atoms with Gasteiger partial charge in [-0.25, -0.2) is 9.37 Å². The van der Waals surface area contributed by atoms with Crippen LogP contribution in [0.1, 0.15) is 11.3 Å². The molecule has 118 valence electrons. The van der Waals surface area contributed by atoms with Gasteiger partial charge in [0.15, 0.2) is 23.7 Å². The molecule has 0 saturated carbocycles. The lowest BCUT2D eigenvalue weighted by molar-refractivity contribution is 0.352. The predicted octanol–water partition coefficient (Wildman–Crippen LogP) is 4.09. The zero-order valence-electron chi connectivity index (χ0n) is 12.9. The lowest BCUT2D eigenvalue weighted by Gasteiger charge is -2.10. The summed E-state index contributed by atoms with van der Waals surface area (Å²) in [5.74, 6) is 0.713. The van der Waals surface area contributed by atoms with Crippen LogP contribution in [-0.2, 0) is 6.42 Å². The molecule has 0 aliphatic rings. The summed E-state index contributed by atoms with van der Waals surface area (Å²) in [6.07, 6.45) is 1.88. The van der Waals surface area contributed by atoms with Crippen molar-refractivity contribution in [1.29, 1.82) is 0 Å². The summed E-state index contributed by atoms with van der Waals surface area (Å²) in [4.78, 5) is 4.22. The first-order chi connectivity index (χ1) is 11.2. The number of methoxy groups -OCH3 is 2. The molecule has 2 aromatic carbocycles. The van der Waals surface area contributed by atoms with Crippen LogP contribution >= 0.6 is 0 Å². The average Bonchev–Trinajstić information content (AvgIpc) is 3.03. The smallest absolute Gasteiger partial charge is 0.181 e. The van der Waals surface area contributed by atoms with Gasteiger partial charge in [0.05, 0.1) is 25.5 Å². The molecule has 1 heterocycles. The van der Waals surface area contributed by atoms with Crippen molar-refractivity contribution in [3.8, 4) is 22.8 Å². The van der Waals surface area contributed by atoms with E-state index in [-0.39, 0.29) is 0 Å². The minimum absolute atomic E-state index is 0.297. The zero-order chi connectivity index (χ0) is 16.2. The molecular formula is C18H16FNO3. The second-order valence-electron chi connectivity index (χ2n) is 4.98. The van der Waals surface area contributed by atoms with E-state index in [1.165, 1.54) is 26.7 Å². The molecule has 1 aromatic heterocycles. The van der Waals surface area contributed by atoms with Crippen molar-refractivity contribution in [1.82, 2.24) is 4.98 Å². The zero-order valence-corrected chi connectivity index (χ0v) is 12.9. The summed E-state index contributed by atoms with van der Waals surface area (Å²) in [5, 5.41) is 0. The fourth-order valence-electron chi connectivity index (χ4n) is 2.43. The number of halogens is 1. The van der Waals surface area contributed by atoms with Crippen LogP contribution in [0, 0.1) is 5.82 Å². The highest BCUT2D eigenvalue weighted by molar-refractivity contribution is 5.65. The van der Waals surface area contributed by atoms with Gasteiger partial charge in [0.1, 0.15) is 5.82 Å². The summed E-state index contributed by atoms with van der Waals surface area (Å²) in [6, 6.07) is 12.7. The molecule has 0 radical (unpaired) electrons. The number of hydrogen-bond donors (Lipinski definition) is 0. The normalized spacial score (nSPS) is 10.6. The number of aromatic nitrogens is 1. The largest absolute Gasteiger partial charge is 0.493 e. The van der Waals surface area contributed by atoms with Gasteiger partial charge in [-0.05, 0) is 11.6 Å². The molecule has 23 heavy (non-hydrogen) atoms. The number of oxazole rings is 1. The Morgan fingerprint density at radius 2 is 1.74 bits per heavy atom. The molecule has 0 unspecified atom stereocenters. The standard InChI is InChI=1S/C18H16FNO3/c1-21-16-9-13(14(19)10-17(16)22-2)18-15(20-11-23-18)8-12-6-4-3-5-7-12/h3-7,9-11H,8H2,1-2H3. The van der Waals surface area contributed by atoms with Crippen molar-refractivity contribution in [2.24, 2.45) is 0 Å². The first-order valence-corrected chi connectivity index (χ1v) is 7.11. The van der Waals surface area contributed by atoms with Crippen molar-refractivity contribution in [3.63, 3.8) is 0 Å². The molecule has 0 spiro atoms. The maximum Gasteiger partial charge on any atom is 0.181 e. The Hall–Kier alpha value is -2.82. The maximum atomic E-state index is 14.4. The first-order valence-electron chi connectivity index (χ1n) is 7.11. The number of benzene rings is 2. The predicted molar refractivity (Wildman–Crippen MR) is 84.2 cm³/mol. The average molecular weight is 313 g/mol. The van der Waals surface area contributed by atoms with Gasteiger partial charge in [-0.15, -0.1) is 0 Å². The molecule has 3 rings (SSSR count). The Bertz CT molecular complexity index is 799.